The Hall–Kier alpha value is -1.57. The average molecular weight is 515 g/mol. The number of ether oxygens (including phenoxy) is 1. The zero-order chi connectivity index (χ0) is 27.2. The second-order valence-electron chi connectivity index (χ2n) is 14.7. The van der Waals surface area contributed by atoms with E-state index in [2.05, 4.69) is 0 Å². The van der Waals surface area contributed by atoms with Crippen LogP contribution in [0.3, 0.4) is 0 Å². The highest BCUT2D eigenvalue weighted by atomic mass is 16.6. The quantitative estimate of drug-likeness (QED) is 0.425. The van der Waals surface area contributed by atoms with Crippen molar-refractivity contribution in [1.82, 2.24) is 0 Å². The highest BCUT2D eigenvalue weighted by molar-refractivity contribution is 6.08. The molecule has 6 aliphatic rings. The van der Waals surface area contributed by atoms with Crippen molar-refractivity contribution in [1.29, 1.82) is 0 Å². The SMILES string of the molecule is C[C@@H]1C[C@]2(C[C@@H](C)[C@H]3[C@@H]2C(=O)[C@@]2(C)C4=C(C(=O)[C@@H](O)[C@]32C)[C@@]2(C)CC[C@H](O)C(C)(C)[C@@H]2C[C@@H]4O)OC1=O. The van der Waals surface area contributed by atoms with Gasteiger partial charge in [-0.15, -0.1) is 0 Å². The molecule has 37 heavy (non-hydrogen) atoms. The first-order valence-electron chi connectivity index (χ1n) is 14.1. The molecule has 6 rings (SSSR count). The molecule has 1 heterocycles. The largest absolute Gasteiger partial charge is 0.458 e. The van der Waals surface area contributed by atoms with Crippen molar-refractivity contribution in [3.63, 3.8) is 0 Å². The van der Waals surface area contributed by atoms with E-state index in [1.165, 1.54) is 0 Å². The fourth-order valence-corrected chi connectivity index (χ4v) is 11.0. The van der Waals surface area contributed by atoms with E-state index in [-0.39, 0.29) is 41.2 Å². The van der Waals surface area contributed by atoms with E-state index < -0.39 is 51.5 Å². The van der Waals surface area contributed by atoms with Crippen LogP contribution in [-0.2, 0) is 19.1 Å². The number of hydrogen-bond acceptors (Lipinski definition) is 7. The van der Waals surface area contributed by atoms with Gasteiger partial charge in [-0.05, 0) is 66.8 Å². The Morgan fingerprint density at radius 3 is 2.19 bits per heavy atom. The molecule has 12 atom stereocenters. The number of aliphatic hydroxyl groups is 3. The van der Waals surface area contributed by atoms with E-state index >= 15 is 0 Å². The summed E-state index contributed by atoms with van der Waals surface area (Å²) in [4.78, 5) is 41.6. The van der Waals surface area contributed by atoms with Gasteiger partial charge in [0.05, 0.1) is 29.5 Å². The zero-order valence-corrected chi connectivity index (χ0v) is 23.1. The molecule has 7 nitrogen and oxygen atoms in total. The number of aliphatic hydroxyl groups excluding tert-OH is 3. The van der Waals surface area contributed by atoms with Crippen LogP contribution in [-0.4, -0.2) is 56.8 Å². The molecular weight excluding hydrogens is 472 g/mol. The molecular formula is C30H42O7. The van der Waals surface area contributed by atoms with Gasteiger partial charge in [0, 0.05) is 17.4 Å². The maximum atomic E-state index is 14.8. The molecule has 3 saturated carbocycles. The molecule has 1 spiro atoms. The van der Waals surface area contributed by atoms with Crippen molar-refractivity contribution in [3.05, 3.63) is 11.1 Å². The molecule has 5 aliphatic carbocycles. The van der Waals surface area contributed by atoms with Gasteiger partial charge in [0.15, 0.2) is 11.6 Å². The van der Waals surface area contributed by atoms with Crippen molar-refractivity contribution in [2.75, 3.05) is 0 Å². The van der Waals surface area contributed by atoms with E-state index in [4.69, 9.17) is 4.74 Å². The van der Waals surface area contributed by atoms with Gasteiger partial charge < -0.3 is 20.1 Å². The Bertz CT molecular complexity index is 1150. The Balaban J connectivity index is 1.59. The molecule has 204 valence electrons. The average Bonchev–Trinajstić information content (AvgIpc) is 3.33. The predicted octanol–water partition coefficient (Wildman–Crippen LogP) is 2.98. The Morgan fingerprint density at radius 1 is 0.946 bits per heavy atom. The number of carbonyl (C=O) groups excluding carboxylic acids is 3. The first-order chi connectivity index (χ1) is 17.0. The molecule has 3 N–H and O–H groups in total. The number of fused-ring (bicyclic) bond motifs is 7. The summed E-state index contributed by atoms with van der Waals surface area (Å²) in [6.45, 7) is 13.5. The van der Waals surface area contributed by atoms with Crippen LogP contribution in [0, 0.1) is 51.2 Å². The lowest BCUT2D eigenvalue weighted by molar-refractivity contribution is -0.159. The molecule has 0 aromatic rings. The predicted molar refractivity (Wildman–Crippen MR) is 134 cm³/mol. The number of Topliss-reactive ketones (excluding diaryl/α,β-unsaturated/α-hetero) is 2. The molecule has 0 aromatic carbocycles. The molecule has 0 unspecified atom stereocenters. The first kappa shape index (κ1) is 25.7. The molecule has 4 fully saturated rings. The number of ketones is 2. The molecule has 0 amide bonds. The molecule has 7 heteroatoms. The van der Waals surface area contributed by atoms with Gasteiger partial charge in [-0.3, -0.25) is 14.4 Å². The van der Waals surface area contributed by atoms with E-state index in [1.807, 2.05) is 48.5 Å². The maximum Gasteiger partial charge on any atom is 0.309 e. The van der Waals surface area contributed by atoms with E-state index in [9.17, 15) is 29.7 Å². The van der Waals surface area contributed by atoms with Crippen molar-refractivity contribution < 1.29 is 34.4 Å². The van der Waals surface area contributed by atoms with E-state index in [0.29, 0.717) is 43.3 Å². The van der Waals surface area contributed by atoms with Gasteiger partial charge in [-0.1, -0.05) is 41.5 Å². The van der Waals surface area contributed by atoms with Crippen LogP contribution in [0.15, 0.2) is 11.1 Å². The third kappa shape index (κ3) is 2.58. The second kappa shape index (κ2) is 7.14. The fraction of sp³-hybridized carbons (Fsp3) is 0.833. The van der Waals surface area contributed by atoms with E-state index in [1.54, 1.807) is 0 Å². The van der Waals surface area contributed by atoms with Gasteiger partial charge in [0.2, 0.25) is 0 Å². The maximum absolute atomic E-state index is 14.8. The molecule has 1 saturated heterocycles. The van der Waals surface area contributed by atoms with Gasteiger partial charge in [0.25, 0.3) is 0 Å². The normalized spacial score (nSPS) is 56.2. The number of esters is 1. The van der Waals surface area contributed by atoms with Crippen LogP contribution in [0.1, 0.15) is 80.6 Å². The van der Waals surface area contributed by atoms with Crippen LogP contribution in [0.4, 0.5) is 0 Å². The second-order valence-corrected chi connectivity index (χ2v) is 14.7. The number of hydrogen-bond donors (Lipinski definition) is 3. The van der Waals surface area contributed by atoms with Crippen LogP contribution in [0.5, 0.6) is 0 Å². The van der Waals surface area contributed by atoms with Crippen LogP contribution >= 0.6 is 0 Å². The summed E-state index contributed by atoms with van der Waals surface area (Å²) in [5, 5.41) is 34.6. The summed E-state index contributed by atoms with van der Waals surface area (Å²) in [5.74, 6) is -2.29. The molecule has 1 aliphatic heterocycles. The minimum absolute atomic E-state index is 0.0451. The van der Waals surface area contributed by atoms with Crippen LogP contribution < -0.4 is 0 Å². The highest BCUT2D eigenvalue weighted by Gasteiger charge is 2.81. The summed E-state index contributed by atoms with van der Waals surface area (Å²) in [5.41, 5.74) is -3.63. The van der Waals surface area contributed by atoms with Crippen molar-refractivity contribution in [2.24, 2.45) is 51.2 Å². The fourth-order valence-electron chi connectivity index (χ4n) is 11.0. The van der Waals surface area contributed by atoms with Crippen molar-refractivity contribution in [3.8, 4) is 0 Å². The van der Waals surface area contributed by atoms with Gasteiger partial charge in [-0.2, -0.15) is 0 Å². The van der Waals surface area contributed by atoms with Crippen LogP contribution in [0.25, 0.3) is 0 Å². The molecule has 0 aromatic heterocycles. The Labute approximate surface area is 219 Å². The Morgan fingerprint density at radius 2 is 1.59 bits per heavy atom. The highest BCUT2D eigenvalue weighted by Crippen LogP contribution is 2.75. The van der Waals surface area contributed by atoms with Gasteiger partial charge in [-0.25, -0.2) is 0 Å². The lowest BCUT2D eigenvalue weighted by Gasteiger charge is -2.62. The standard InChI is InChI=1S/C30H42O7/c1-13-11-30(12-14(2)25(36)37-30)21-18(13)28(6)24(35)22(33)20-19(29(28,7)23(21)34)15(31)10-16-26(3,4)17(32)8-9-27(16,20)5/h13-18,21,24,31-32,35H,8-12H2,1-7H3/t13-,14-,15+,16+,17+,18+,21-,24-,27+,28+,29-,30+/m1/s1. The van der Waals surface area contributed by atoms with E-state index in [0.717, 1.165) is 0 Å². The summed E-state index contributed by atoms with van der Waals surface area (Å²) >= 11 is 0. The van der Waals surface area contributed by atoms with Crippen molar-refractivity contribution >= 4 is 17.5 Å². The molecule has 0 radical (unpaired) electrons. The number of carbonyl (C=O) groups is 3. The van der Waals surface area contributed by atoms with Crippen molar-refractivity contribution in [2.45, 2.75) is 104 Å². The number of rotatable bonds is 0. The zero-order valence-electron chi connectivity index (χ0n) is 23.1. The third-order valence-corrected chi connectivity index (χ3v) is 12.8. The minimum atomic E-state index is -1.40. The van der Waals surface area contributed by atoms with Gasteiger partial charge >= 0.3 is 5.97 Å². The topological polar surface area (TPSA) is 121 Å². The first-order valence-corrected chi connectivity index (χ1v) is 14.1. The summed E-state index contributed by atoms with van der Waals surface area (Å²) in [7, 11) is 0. The molecule has 0 bridgehead atoms. The lowest BCUT2D eigenvalue weighted by Crippen LogP contribution is -2.65. The van der Waals surface area contributed by atoms with Gasteiger partial charge in [0.1, 0.15) is 11.7 Å². The lowest BCUT2D eigenvalue weighted by atomic mass is 9.42. The minimum Gasteiger partial charge on any atom is -0.458 e. The summed E-state index contributed by atoms with van der Waals surface area (Å²) < 4.78 is 6.01. The van der Waals surface area contributed by atoms with Crippen LogP contribution in [0.2, 0.25) is 0 Å². The third-order valence-electron chi connectivity index (χ3n) is 12.8. The summed E-state index contributed by atoms with van der Waals surface area (Å²) in [6, 6.07) is 0. The monoisotopic (exact) mass is 514 g/mol. The smallest absolute Gasteiger partial charge is 0.309 e. The Kier molecular flexibility index (Phi) is 4.96. The summed E-state index contributed by atoms with van der Waals surface area (Å²) in [6.07, 6.45) is -0.581.